The minimum absolute atomic E-state index is 0.0755. The Morgan fingerprint density at radius 1 is 0.917 bits per heavy atom. The standard InChI is InChI=1S/C32H39N5O11/c1-19(2)28(35-26(38)12-13-27(39)36-16-14-22(15-17-36)31(42)43)30(41)33-20(3)29(40)34-23-6-4-21(5-7-23)18-47-32(44)48-25-10-8-24(9-11-25)37(45)46/h4-11,19-20,22,28H,12-18H2,1-3H3,(H,33,41)(H,34,40)(H,35,38)(H,42,43)/t20-,28-/m0/s1. The summed E-state index contributed by atoms with van der Waals surface area (Å²) in [6.07, 6.45) is -0.507. The van der Waals surface area contributed by atoms with Crippen LogP contribution in [0.4, 0.5) is 16.2 Å². The molecule has 3 rings (SSSR count). The summed E-state index contributed by atoms with van der Waals surface area (Å²) in [4.78, 5) is 85.6. The van der Waals surface area contributed by atoms with Gasteiger partial charge in [0.2, 0.25) is 23.6 Å². The molecule has 16 nitrogen and oxygen atoms in total. The quantitative estimate of drug-likeness (QED) is 0.0990. The van der Waals surface area contributed by atoms with E-state index >= 15 is 0 Å². The number of nitrogens with one attached hydrogen (secondary N) is 3. The molecule has 48 heavy (non-hydrogen) atoms. The fourth-order valence-electron chi connectivity index (χ4n) is 4.74. The lowest BCUT2D eigenvalue weighted by atomic mass is 9.97. The summed E-state index contributed by atoms with van der Waals surface area (Å²) in [6.45, 7) is 5.43. The number of amides is 4. The number of rotatable bonds is 14. The molecule has 0 spiro atoms. The smallest absolute Gasteiger partial charge is 0.481 e. The van der Waals surface area contributed by atoms with Crippen molar-refractivity contribution in [2.45, 2.75) is 65.1 Å². The van der Waals surface area contributed by atoms with Crippen LogP contribution in [0.15, 0.2) is 48.5 Å². The molecule has 4 N–H and O–H groups in total. The van der Waals surface area contributed by atoms with Crippen LogP contribution in [0.2, 0.25) is 0 Å². The molecule has 2 aromatic rings. The summed E-state index contributed by atoms with van der Waals surface area (Å²) >= 11 is 0. The van der Waals surface area contributed by atoms with Gasteiger partial charge < -0.3 is 35.4 Å². The van der Waals surface area contributed by atoms with E-state index in [0.29, 0.717) is 37.2 Å². The average molecular weight is 670 g/mol. The number of aliphatic carboxylic acids is 1. The maximum Gasteiger partial charge on any atom is 0.514 e. The lowest BCUT2D eigenvalue weighted by Gasteiger charge is -2.30. The zero-order valence-electron chi connectivity index (χ0n) is 26.8. The first kappa shape index (κ1) is 36.9. The van der Waals surface area contributed by atoms with Crippen molar-refractivity contribution in [2.75, 3.05) is 18.4 Å². The van der Waals surface area contributed by atoms with Crippen LogP contribution in [0.3, 0.4) is 0 Å². The molecule has 0 aliphatic carbocycles. The fourth-order valence-corrected chi connectivity index (χ4v) is 4.74. The van der Waals surface area contributed by atoms with Crippen LogP contribution in [0.25, 0.3) is 0 Å². The van der Waals surface area contributed by atoms with E-state index in [-0.39, 0.29) is 42.7 Å². The van der Waals surface area contributed by atoms with Crippen molar-refractivity contribution < 1.29 is 48.3 Å². The van der Waals surface area contributed by atoms with E-state index in [1.807, 2.05) is 0 Å². The molecule has 1 fully saturated rings. The highest BCUT2D eigenvalue weighted by Crippen LogP contribution is 2.19. The normalized spacial score (nSPS) is 14.3. The molecule has 4 amide bonds. The van der Waals surface area contributed by atoms with Gasteiger partial charge in [-0.3, -0.25) is 34.1 Å². The van der Waals surface area contributed by atoms with Crippen LogP contribution in [0, 0.1) is 22.0 Å². The second-order valence-electron chi connectivity index (χ2n) is 11.6. The van der Waals surface area contributed by atoms with E-state index in [4.69, 9.17) is 14.6 Å². The number of likely N-dealkylation sites (tertiary alicyclic amines) is 1. The molecule has 2 aromatic carbocycles. The molecule has 258 valence electrons. The van der Waals surface area contributed by atoms with Gasteiger partial charge in [0.25, 0.3) is 5.69 Å². The van der Waals surface area contributed by atoms with Crippen molar-refractivity contribution in [1.29, 1.82) is 0 Å². The number of hydrogen-bond acceptors (Lipinski definition) is 10. The van der Waals surface area contributed by atoms with Crippen LogP contribution in [-0.2, 0) is 35.3 Å². The summed E-state index contributed by atoms with van der Waals surface area (Å²) < 4.78 is 10.0. The largest absolute Gasteiger partial charge is 0.514 e. The lowest BCUT2D eigenvalue weighted by molar-refractivity contribution is -0.384. The number of carboxylic acid groups (broad SMARTS) is 1. The molecule has 0 unspecified atom stereocenters. The first-order chi connectivity index (χ1) is 22.7. The number of non-ortho nitro benzene ring substituents is 1. The fraction of sp³-hybridized carbons (Fsp3) is 0.438. The van der Waals surface area contributed by atoms with Gasteiger partial charge in [-0.2, -0.15) is 0 Å². The molecular formula is C32H39N5O11. The Labute approximate surface area is 276 Å². The number of hydrogen-bond donors (Lipinski definition) is 4. The Morgan fingerprint density at radius 3 is 2.10 bits per heavy atom. The summed E-state index contributed by atoms with van der Waals surface area (Å²) in [5.41, 5.74) is 0.832. The molecule has 1 heterocycles. The topological polar surface area (TPSA) is 224 Å². The van der Waals surface area contributed by atoms with E-state index in [1.54, 1.807) is 43.0 Å². The summed E-state index contributed by atoms with van der Waals surface area (Å²) in [7, 11) is 0. The molecule has 1 aliphatic heterocycles. The Kier molecular flexibility index (Phi) is 13.4. The molecule has 1 aliphatic rings. The van der Waals surface area contributed by atoms with Crippen molar-refractivity contribution in [3.05, 3.63) is 64.2 Å². The third-order valence-electron chi connectivity index (χ3n) is 7.61. The summed E-state index contributed by atoms with van der Waals surface area (Å²) in [5, 5.41) is 27.7. The number of carbonyl (C=O) groups is 6. The highest BCUT2D eigenvalue weighted by Gasteiger charge is 2.29. The number of carboxylic acids is 1. The maximum atomic E-state index is 13.0. The van der Waals surface area contributed by atoms with Crippen LogP contribution < -0.4 is 20.7 Å². The molecule has 0 saturated carbocycles. The van der Waals surface area contributed by atoms with Gasteiger partial charge in [-0.25, -0.2) is 4.79 Å². The third-order valence-corrected chi connectivity index (χ3v) is 7.61. The van der Waals surface area contributed by atoms with E-state index in [9.17, 15) is 38.9 Å². The number of anilines is 1. The van der Waals surface area contributed by atoms with Crippen LogP contribution in [-0.4, -0.2) is 75.9 Å². The third kappa shape index (κ3) is 11.4. The molecule has 16 heteroatoms. The van der Waals surface area contributed by atoms with Crippen molar-refractivity contribution >= 4 is 47.1 Å². The molecule has 0 aromatic heterocycles. The van der Waals surface area contributed by atoms with Crippen LogP contribution in [0.5, 0.6) is 5.75 Å². The lowest BCUT2D eigenvalue weighted by Crippen LogP contribution is -2.53. The van der Waals surface area contributed by atoms with Crippen LogP contribution in [0.1, 0.15) is 52.0 Å². The second kappa shape index (κ2) is 17.4. The number of nitro groups is 1. The highest BCUT2D eigenvalue weighted by atomic mass is 16.7. The van der Waals surface area contributed by atoms with Gasteiger partial charge >= 0.3 is 12.1 Å². The first-order valence-corrected chi connectivity index (χ1v) is 15.3. The Bertz CT molecular complexity index is 1490. The zero-order valence-corrected chi connectivity index (χ0v) is 26.8. The predicted molar refractivity (Wildman–Crippen MR) is 170 cm³/mol. The number of piperidine rings is 1. The Balaban J connectivity index is 1.41. The Hall–Kier alpha value is -5.54. The van der Waals surface area contributed by atoms with Gasteiger partial charge in [0.15, 0.2) is 0 Å². The van der Waals surface area contributed by atoms with Gasteiger partial charge in [0, 0.05) is 43.8 Å². The summed E-state index contributed by atoms with van der Waals surface area (Å²) in [5.74, 6) is -3.46. The summed E-state index contributed by atoms with van der Waals surface area (Å²) in [6, 6.07) is 9.33. The van der Waals surface area contributed by atoms with Crippen molar-refractivity contribution in [1.82, 2.24) is 15.5 Å². The first-order valence-electron chi connectivity index (χ1n) is 15.3. The minimum Gasteiger partial charge on any atom is -0.481 e. The number of benzene rings is 2. The van der Waals surface area contributed by atoms with E-state index in [2.05, 4.69) is 16.0 Å². The van der Waals surface area contributed by atoms with Crippen molar-refractivity contribution in [2.24, 2.45) is 11.8 Å². The molecular weight excluding hydrogens is 630 g/mol. The molecule has 2 atom stereocenters. The maximum absolute atomic E-state index is 13.0. The monoisotopic (exact) mass is 669 g/mol. The second-order valence-corrected chi connectivity index (χ2v) is 11.6. The van der Waals surface area contributed by atoms with Gasteiger partial charge in [-0.05, 0) is 55.5 Å². The molecule has 0 radical (unpaired) electrons. The van der Waals surface area contributed by atoms with Gasteiger partial charge in [-0.1, -0.05) is 26.0 Å². The predicted octanol–water partition coefficient (Wildman–Crippen LogP) is 3.00. The molecule has 0 bridgehead atoms. The number of carbonyl (C=O) groups excluding carboxylic acids is 5. The van der Waals surface area contributed by atoms with E-state index < -0.39 is 52.8 Å². The van der Waals surface area contributed by atoms with Gasteiger partial charge in [0.1, 0.15) is 24.4 Å². The SMILES string of the molecule is CC(C)[C@H](NC(=O)CCC(=O)N1CCC(C(=O)O)CC1)C(=O)N[C@@H](C)C(=O)Nc1ccc(COC(=O)Oc2ccc([N+](=O)[O-])cc2)cc1. The number of nitrogens with zero attached hydrogens (tertiary/aromatic N) is 2. The minimum atomic E-state index is -1.01. The highest BCUT2D eigenvalue weighted by molar-refractivity contribution is 5.98. The number of ether oxygens (including phenoxy) is 2. The Morgan fingerprint density at radius 2 is 1.54 bits per heavy atom. The zero-order chi connectivity index (χ0) is 35.4. The van der Waals surface area contributed by atoms with Crippen molar-refractivity contribution in [3.63, 3.8) is 0 Å². The molecule has 1 saturated heterocycles. The van der Waals surface area contributed by atoms with Gasteiger partial charge in [0.05, 0.1) is 10.8 Å². The average Bonchev–Trinajstić information content (AvgIpc) is 3.05. The van der Waals surface area contributed by atoms with E-state index in [0.717, 1.165) is 0 Å². The van der Waals surface area contributed by atoms with Gasteiger partial charge in [-0.15, -0.1) is 0 Å². The van der Waals surface area contributed by atoms with E-state index in [1.165, 1.54) is 31.2 Å². The van der Waals surface area contributed by atoms with Crippen molar-refractivity contribution in [3.8, 4) is 5.75 Å². The van der Waals surface area contributed by atoms with Crippen LogP contribution >= 0.6 is 0 Å². The number of nitro benzene ring substituents is 1.